The van der Waals surface area contributed by atoms with E-state index in [0.29, 0.717) is 17.5 Å². The number of nitrogens with one attached hydrogen (secondary N) is 2. The summed E-state index contributed by atoms with van der Waals surface area (Å²) in [7, 11) is 3.31. The van der Waals surface area contributed by atoms with Crippen molar-refractivity contribution < 1.29 is 9.90 Å². The highest BCUT2D eigenvalue weighted by Crippen LogP contribution is 2.23. The second-order valence-corrected chi connectivity index (χ2v) is 9.22. The number of carbonyl (C=O) groups excluding carboxylic acids is 1. The largest absolute Gasteiger partial charge is 0.395 e. The summed E-state index contributed by atoms with van der Waals surface area (Å²) in [5.41, 5.74) is 2.79. The Kier molecular flexibility index (Phi) is 8.36. The topological polar surface area (TPSA) is 119 Å². The molecule has 0 aliphatic carbocycles. The van der Waals surface area contributed by atoms with Gasteiger partial charge in [0.2, 0.25) is 11.9 Å². The van der Waals surface area contributed by atoms with E-state index in [1.807, 2.05) is 19.1 Å². The molecule has 11 heteroatoms. The monoisotopic (exact) mass is 506 g/mol. The molecule has 0 spiro atoms. The number of nitrogens with zero attached hydrogens (tertiary/aromatic N) is 6. The van der Waals surface area contributed by atoms with Crippen molar-refractivity contribution in [3.8, 4) is 0 Å². The molecule has 0 radical (unpaired) electrons. The van der Waals surface area contributed by atoms with Crippen molar-refractivity contribution in [1.82, 2.24) is 24.3 Å². The number of carbonyl (C=O) groups is 1. The van der Waals surface area contributed by atoms with E-state index in [1.54, 1.807) is 38.6 Å². The van der Waals surface area contributed by atoms with Crippen LogP contribution in [0.5, 0.6) is 0 Å². The van der Waals surface area contributed by atoms with Gasteiger partial charge in [-0.1, -0.05) is 0 Å². The van der Waals surface area contributed by atoms with Gasteiger partial charge in [-0.05, 0) is 43.3 Å². The lowest BCUT2D eigenvalue weighted by Gasteiger charge is -2.35. The fourth-order valence-electron chi connectivity index (χ4n) is 4.06. The third-order valence-corrected chi connectivity index (χ3v) is 6.33. The highest BCUT2D eigenvalue weighted by molar-refractivity contribution is 5.75. The number of aryl methyl sites for hydroxylation is 1. The summed E-state index contributed by atoms with van der Waals surface area (Å²) >= 11 is 0. The first kappa shape index (κ1) is 26.1. The van der Waals surface area contributed by atoms with E-state index >= 15 is 0 Å². The molecule has 1 aliphatic rings. The van der Waals surface area contributed by atoms with Gasteiger partial charge in [0.1, 0.15) is 18.1 Å². The summed E-state index contributed by atoms with van der Waals surface area (Å²) in [5.74, 6) is 0.736. The quantitative estimate of drug-likeness (QED) is 0.398. The van der Waals surface area contributed by atoms with E-state index in [4.69, 9.17) is 5.11 Å². The average Bonchev–Trinajstić information content (AvgIpc) is 2.89. The molecule has 0 saturated carbocycles. The minimum atomic E-state index is -0.307. The molecule has 4 rings (SSSR count). The fraction of sp³-hybridized carbons (Fsp3) is 0.385. The molecule has 0 unspecified atom stereocenters. The molecule has 1 amide bonds. The van der Waals surface area contributed by atoms with Gasteiger partial charge < -0.3 is 30.1 Å². The molecule has 0 atom stereocenters. The van der Waals surface area contributed by atoms with Crippen molar-refractivity contribution in [2.75, 3.05) is 69.0 Å². The molecule has 1 aliphatic heterocycles. The van der Waals surface area contributed by atoms with Crippen LogP contribution in [0.2, 0.25) is 0 Å². The normalized spacial score (nSPS) is 13.9. The second-order valence-electron chi connectivity index (χ2n) is 9.22. The van der Waals surface area contributed by atoms with Crippen molar-refractivity contribution in [2.24, 2.45) is 0 Å². The first-order chi connectivity index (χ1) is 17.8. The smallest absolute Gasteiger partial charge is 0.274 e. The van der Waals surface area contributed by atoms with Crippen molar-refractivity contribution in [3.05, 3.63) is 64.7 Å². The number of piperazine rings is 1. The van der Waals surface area contributed by atoms with E-state index in [9.17, 15) is 9.59 Å². The van der Waals surface area contributed by atoms with Crippen molar-refractivity contribution in [3.63, 3.8) is 0 Å². The molecular weight excluding hydrogens is 472 g/mol. The lowest BCUT2D eigenvalue weighted by atomic mass is 10.2. The summed E-state index contributed by atoms with van der Waals surface area (Å²) in [6.45, 7) is 6.46. The number of pyridine rings is 1. The summed E-state index contributed by atoms with van der Waals surface area (Å²) in [6.07, 6.45) is 3.28. The Hall–Kier alpha value is -3.96. The molecule has 1 aromatic carbocycles. The Morgan fingerprint density at radius 3 is 2.49 bits per heavy atom. The Morgan fingerprint density at radius 2 is 1.81 bits per heavy atom. The highest BCUT2D eigenvalue weighted by atomic mass is 16.3. The van der Waals surface area contributed by atoms with Crippen molar-refractivity contribution in [2.45, 2.75) is 13.5 Å². The van der Waals surface area contributed by atoms with Gasteiger partial charge in [0, 0.05) is 76.2 Å². The van der Waals surface area contributed by atoms with Gasteiger partial charge >= 0.3 is 0 Å². The van der Waals surface area contributed by atoms with Crippen LogP contribution in [0.25, 0.3) is 0 Å². The highest BCUT2D eigenvalue weighted by Gasteiger charge is 2.17. The predicted octanol–water partition coefficient (Wildman–Crippen LogP) is 1.64. The molecule has 196 valence electrons. The standard InChI is InChI=1S/C26H34N8O3/c1-19-17-27-26(28-20-6-8-21(9-7-20)33-13-11-32(12-14-33)15-16-35)30-24(19)29-22-5-4-10-34(25(22)37)18-23(36)31(2)3/h4-10,17,35H,11-16,18H2,1-3H3,(H2,27,28,29,30). The Balaban J connectivity index is 1.43. The SMILES string of the molecule is Cc1cnc(Nc2ccc(N3CCN(CCO)CC3)cc2)nc1Nc1cccn(CC(=O)N(C)C)c1=O. The van der Waals surface area contributed by atoms with Crippen LogP contribution < -0.4 is 21.1 Å². The number of amides is 1. The number of hydrogen-bond acceptors (Lipinski definition) is 9. The fourth-order valence-corrected chi connectivity index (χ4v) is 4.06. The van der Waals surface area contributed by atoms with E-state index in [1.165, 1.54) is 9.47 Å². The third kappa shape index (κ3) is 6.63. The zero-order chi connectivity index (χ0) is 26.4. The van der Waals surface area contributed by atoms with Gasteiger partial charge in [-0.3, -0.25) is 14.5 Å². The van der Waals surface area contributed by atoms with E-state index in [2.05, 4.69) is 42.5 Å². The number of benzene rings is 1. The molecule has 3 heterocycles. The number of hydrogen-bond donors (Lipinski definition) is 3. The van der Waals surface area contributed by atoms with Crippen LogP contribution in [0.1, 0.15) is 5.56 Å². The molecule has 11 nitrogen and oxygen atoms in total. The molecule has 2 aromatic heterocycles. The summed E-state index contributed by atoms with van der Waals surface area (Å²) in [4.78, 5) is 39.9. The first-order valence-corrected chi connectivity index (χ1v) is 12.3. The lowest BCUT2D eigenvalue weighted by Crippen LogP contribution is -2.47. The number of β-amino-alcohol motifs (C(OH)–C–C–N with tert-alkyl or cyclic N) is 1. The Bertz CT molecular complexity index is 1270. The van der Waals surface area contributed by atoms with Crippen LogP contribution in [0, 0.1) is 6.92 Å². The number of rotatable bonds is 9. The number of anilines is 5. The molecular formula is C26H34N8O3. The van der Waals surface area contributed by atoms with Crippen LogP contribution >= 0.6 is 0 Å². The number of likely N-dealkylation sites (N-methyl/N-ethyl adjacent to an activating group) is 1. The summed E-state index contributed by atoms with van der Waals surface area (Å²) in [5, 5.41) is 15.4. The molecule has 3 N–H and O–H groups in total. The number of aliphatic hydroxyl groups is 1. The van der Waals surface area contributed by atoms with Crippen LogP contribution in [0.15, 0.2) is 53.6 Å². The number of aromatic nitrogens is 3. The van der Waals surface area contributed by atoms with Crippen molar-refractivity contribution >= 4 is 34.7 Å². The Morgan fingerprint density at radius 1 is 1.08 bits per heavy atom. The summed E-state index contributed by atoms with van der Waals surface area (Å²) < 4.78 is 1.37. The van der Waals surface area contributed by atoms with Gasteiger partial charge in [-0.2, -0.15) is 4.98 Å². The van der Waals surface area contributed by atoms with Crippen LogP contribution in [-0.4, -0.2) is 88.8 Å². The maximum Gasteiger partial charge on any atom is 0.274 e. The molecule has 3 aromatic rings. The average molecular weight is 507 g/mol. The summed E-state index contributed by atoms with van der Waals surface area (Å²) in [6, 6.07) is 11.5. The van der Waals surface area contributed by atoms with E-state index in [-0.39, 0.29) is 24.6 Å². The van der Waals surface area contributed by atoms with Crippen LogP contribution in [0.3, 0.4) is 0 Å². The first-order valence-electron chi connectivity index (χ1n) is 12.3. The van der Waals surface area contributed by atoms with Gasteiger partial charge in [0.15, 0.2) is 0 Å². The minimum absolute atomic E-state index is 0.0365. The third-order valence-electron chi connectivity index (χ3n) is 6.33. The molecule has 1 saturated heterocycles. The maximum atomic E-state index is 12.9. The minimum Gasteiger partial charge on any atom is -0.395 e. The van der Waals surface area contributed by atoms with Crippen LogP contribution in [0.4, 0.5) is 28.8 Å². The van der Waals surface area contributed by atoms with Gasteiger partial charge in [-0.15, -0.1) is 0 Å². The van der Waals surface area contributed by atoms with Crippen molar-refractivity contribution in [1.29, 1.82) is 0 Å². The van der Waals surface area contributed by atoms with Gasteiger partial charge in [0.05, 0.1) is 6.61 Å². The zero-order valence-corrected chi connectivity index (χ0v) is 21.5. The van der Waals surface area contributed by atoms with E-state index < -0.39 is 0 Å². The zero-order valence-electron chi connectivity index (χ0n) is 21.5. The van der Waals surface area contributed by atoms with Crippen LogP contribution in [-0.2, 0) is 11.3 Å². The van der Waals surface area contributed by atoms with E-state index in [0.717, 1.165) is 49.7 Å². The Labute approximate surface area is 216 Å². The maximum absolute atomic E-state index is 12.9. The predicted molar refractivity (Wildman–Crippen MR) is 145 cm³/mol. The second kappa shape index (κ2) is 11.8. The lowest BCUT2D eigenvalue weighted by molar-refractivity contribution is -0.129. The molecule has 37 heavy (non-hydrogen) atoms. The van der Waals surface area contributed by atoms with Gasteiger partial charge in [-0.25, -0.2) is 4.98 Å². The molecule has 1 fully saturated rings. The molecule has 0 bridgehead atoms. The number of aliphatic hydroxyl groups excluding tert-OH is 1. The van der Waals surface area contributed by atoms with Gasteiger partial charge in [0.25, 0.3) is 5.56 Å².